The van der Waals surface area contributed by atoms with Crippen LogP contribution in [0.2, 0.25) is 0 Å². The molecule has 0 radical (unpaired) electrons. The minimum atomic E-state index is 1.10. The summed E-state index contributed by atoms with van der Waals surface area (Å²) >= 11 is 0. The van der Waals surface area contributed by atoms with Gasteiger partial charge in [-0.1, -0.05) is 376 Å². The van der Waals surface area contributed by atoms with Crippen LogP contribution in [-0.4, -0.2) is 0 Å². The predicted octanol–water partition coefficient (Wildman–Crippen LogP) is 31.0. The molecule has 528 valence electrons. The molecule has 0 aliphatic carbocycles. The lowest BCUT2D eigenvalue weighted by Gasteiger charge is -2.26. The van der Waals surface area contributed by atoms with Gasteiger partial charge in [0.05, 0.1) is 0 Å². The molecule has 0 heterocycles. The molecule has 0 fully saturated rings. The van der Waals surface area contributed by atoms with E-state index in [1.165, 1.54) is 144 Å². The first-order chi connectivity index (χ1) is 55.5. The summed E-state index contributed by atoms with van der Waals surface area (Å²) in [5, 5.41) is 5.04. The zero-order valence-electron chi connectivity index (χ0n) is 61.9. The van der Waals surface area contributed by atoms with E-state index in [0.29, 0.717) is 0 Å². The molecule has 19 rings (SSSR count). The second-order valence-electron chi connectivity index (χ2n) is 28.4. The minimum absolute atomic E-state index is 1.10. The lowest BCUT2D eigenvalue weighted by Crippen LogP contribution is -2.09. The third kappa shape index (κ3) is 15.0. The van der Waals surface area contributed by atoms with Crippen LogP contribution in [0.5, 0.6) is 0 Å². The molecule has 0 aliphatic heterocycles. The Bertz CT molecular complexity index is 6140. The van der Waals surface area contributed by atoms with Gasteiger partial charge >= 0.3 is 0 Å². The van der Waals surface area contributed by atoms with E-state index in [4.69, 9.17) is 0 Å². The molecule has 0 atom stereocenters. The third-order valence-electron chi connectivity index (χ3n) is 21.4. The van der Waals surface area contributed by atoms with Gasteiger partial charge in [-0.05, 0) is 241 Å². The van der Waals surface area contributed by atoms with Crippen molar-refractivity contribution in [2.75, 3.05) is 9.80 Å². The smallest absolute Gasteiger partial charge is 0.0462 e. The van der Waals surface area contributed by atoms with Crippen molar-refractivity contribution in [2.45, 2.75) is 0 Å². The molecule has 0 saturated carbocycles. The maximum atomic E-state index is 2.35. The predicted molar refractivity (Wildman–Crippen MR) is 477 cm³/mol. The van der Waals surface area contributed by atoms with Gasteiger partial charge < -0.3 is 9.80 Å². The molecule has 0 aromatic heterocycles. The van der Waals surface area contributed by atoms with Crippen LogP contribution >= 0.6 is 0 Å². The molecular formula is C110H78N2. The molecule has 0 bridgehead atoms. The van der Waals surface area contributed by atoms with Crippen LogP contribution in [0.25, 0.3) is 144 Å². The monoisotopic (exact) mass is 1430 g/mol. The van der Waals surface area contributed by atoms with Crippen molar-refractivity contribution < 1.29 is 0 Å². The molecule has 2 nitrogen and oxygen atoms in total. The van der Waals surface area contributed by atoms with Gasteiger partial charge in [-0.3, -0.25) is 0 Å². The van der Waals surface area contributed by atoms with E-state index < -0.39 is 0 Å². The van der Waals surface area contributed by atoms with Crippen molar-refractivity contribution in [3.63, 3.8) is 0 Å². The summed E-state index contributed by atoms with van der Waals surface area (Å²) in [4.78, 5) is 4.70. The number of rotatable bonds is 17. The normalized spacial score (nSPS) is 11.0. The van der Waals surface area contributed by atoms with E-state index in [0.717, 1.165) is 34.1 Å². The second-order valence-corrected chi connectivity index (χ2v) is 28.4. The minimum Gasteiger partial charge on any atom is -0.311 e. The number of nitrogens with zero attached hydrogens (tertiary/aromatic N) is 2. The first-order valence-electron chi connectivity index (χ1n) is 38.4. The Morgan fingerprint density at radius 1 is 0.107 bits per heavy atom. The Morgan fingerprint density at radius 3 is 0.518 bits per heavy atom. The topological polar surface area (TPSA) is 6.48 Å². The summed E-state index contributed by atoms with van der Waals surface area (Å²) in [5.74, 6) is 0. The van der Waals surface area contributed by atoms with Crippen molar-refractivity contribution in [2.24, 2.45) is 0 Å². The number of fused-ring (bicyclic) bond motifs is 2. The van der Waals surface area contributed by atoms with Crippen LogP contribution in [0, 0.1) is 0 Å². The van der Waals surface area contributed by atoms with E-state index in [-0.39, 0.29) is 0 Å². The lowest BCUT2D eigenvalue weighted by molar-refractivity contribution is 1.28. The van der Waals surface area contributed by atoms with Crippen LogP contribution in [-0.2, 0) is 0 Å². The molecule has 2 heteroatoms. The fourth-order valence-corrected chi connectivity index (χ4v) is 15.5. The molecule has 19 aromatic carbocycles. The van der Waals surface area contributed by atoms with Gasteiger partial charge in [0.15, 0.2) is 0 Å². The average molecular weight is 1430 g/mol. The van der Waals surface area contributed by atoms with E-state index in [9.17, 15) is 0 Å². The third-order valence-corrected chi connectivity index (χ3v) is 21.4. The van der Waals surface area contributed by atoms with E-state index in [2.05, 4.69) is 483 Å². The maximum absolute atomic E-state index is 2.35. The summed E-state index contributed by atoms with van der Waals surface area (Å²) < 4.78 is 0. The van der Waals surface area contributed by atoms with Crippen molar-refractivity contribution in [3.8, 4) is 122 Å². The summed E-state index contributed by atoms with van der Waals surface area (Å²) in [7, 11) is 0. The van der Waals surface area contributed by atoms with Crippen molar-refractivity contribution >= 4 is 55.7 Å². The molecule has 0 aliphatic rings. The summed E-state index contributed by atoms with van der Waals surface area (Å²) in [6.07, 6.45) is 0. The fraction of sp³-hybridized carbons (Fsp3) is 0. The quantitative estimate of drug-likeness (QED) is 0.0896. The van der Waals surface area contributed by atoms with Crippen LogP contribution in [0.3, 0.4) is 0 Å². The number of hydrogen-bond donors (Lipinski definition) is 0. The number of anilines is 6. The van der Waals surface area contributed by atoms with Gasteiger partial charge in [0.25, 0.3) is 0 Å². The fourth-order valence-electron chi connectivity index (χ4n) is 15.5. The first kappa shape index (κ1) is 69.1. The average Bonchev–Trinajstić information content (AvgIpc) is 0.781. The zero-order valence-corrected chi connectivity index (χ0v) is 61.9. The lowest BCUT2D eigenvalue weighted by atomic mass is 9.96. The van der Waals surface area contributed by atoms with Gasteiger partial charge in [0.1, 0.15) is 0 Å². The summed E-state index contributed by atoms with van der Waals surface area (Å²) in [6.45, 7) is 0. The molecule has 0 unspecified atom stereocenters. The molecular weight excluding hydrogens is 1350 g/mol. The zero-order chi connectivity index (χ0) is 74.8. The first-order valence-corrected chi connectivity index (χ1v) is 38.4. The Balaban J connectivity index is 0.000000157. The Kier molecular flexibility index (Phi) is 19.7. The van der Waals surface area contributed by atoms with E-state index in [1.54, 1.807) is 0 Å². The largest absolute Gasteiger partial charge is 0.311 e. The van der Waals surface area contributed by atoms with Crippen LogP contribution in [0.15, 0.2) is 473 Å². The SMILES string of the molecule is c1ccc(-c2cccc(-c3ccc(N(c4ccc(-c5ccc(-c6cccc7ccccc67)cc5)cc4)c4ccc(-c5cccc(-c6ccccc6)c5)cc4)cc3)c2)cc1.c1ccc(-c2cccc(-c3ccc(N(c4ccc(-c5cccc(-c6ccccc6)c5)cc4)c4ccc(-c5cccc6ccccc56)cc4)cc3)c2)cc1. The summed E-state index contributed by atoms with van der Waals surface area (Å²) in [5.41, 5.74) is 33.2. The number of benzene rings is 19. The van der Waals surface area contributed by atoms with Gasteiger partial charge in [-0.25, -0.2) is 0 Å². The Labute approximate surface area is 656 Å². The summed E-state index contributed by atoms with van der Waals surface area (Å²) in [6, 6.07) is 170. The Hall–Kier alpha value is -14.7. The highest BCUT2D eigenvalue weighted by Crippen LogP contribution is 2.43. The standard InChI is InChI=1S/C58H41N.C52H37N/c1-3-12-42(13-4-1)50-18-9-20-52(40-50)46-30-36-55(37-31-46)59(56-38-32-47(33-39-56)53-21-10-19-51(41-53)43-14-5-2-6-15-43)54-34-28-45(29-35-54)44-24-26-49(27-25-44)58-23-11-17-48-16-7-8-22-57(48)58;1-3-12-38(13-4-1)44-18-9-20-46(36-44)40-24-30-48(31-25-40)53(50-34-28-43(29-35-50)52-23-11-17-42-16-7-8-22-51(42)52)49-32-26-41(27-33-49)47-21-10-19-45(37-47)39-14-5-2-6-15-39/h1-41H;1-37H. The van der Waals surface area contributed by atoms with Gasteiger partial charge in [0.2, 0.25) is 0 Å². The van der Waals surface area contributed by atoms with Crippen LogP contribution in [0.4, 0.5) is 34.1 Å². The molecule has 112 heavy (non-hydrogen) atoms. The van der Waals surface area contributed by atoms with Crippen molar-refractivity contribution in [1.29, 1.82) is 0 Å². The molecule has 0 amide bonds. The van der Waals surface area contributed by atoms with Gasteiger partial charge in [0, 0.05) is 34.1 Å². The Morgan fingerprint density at radius 2 is 0.268 bits per heavy atom. The van der Waals surface area contributed by atoms with Gasteiger partial charge in [-0.15, -0.1) is 0 Å². The van der Waals surface area contributed by atoms with E-state index >= 15 is 0 Å². The van der Waals surface area contributed by atoms with Crippen molar-refractivity contribution in [3.05, 3.63) is 473 Å². The maximum Gasteiger partial charge on any atom is 0.0462 e. The van der Waals surface area contributed by atoms with Crippen LogP contribution < -0.4 is 9.80 Å². The highest BCUT2D eigenvalue weighted by molar-refractivity contribution is 5.99. The molecule has 19 aromatic rings. The highest BCUT2D eigenvalue weighted by atomic mass is 15.1. The second kappa shape index (κ2) is 32.0. The van der Waals surface area contributed by atoms with Crippen LogP contribution in [0.1, 0.15) is 0 Å². The molecule has 0 saturated heterocycles. The van der Waals surface area contributed by atoms with Crippen molar-refractivity contribution in [1.82, 2.24) is 0 Å². The van der Waals surface area contributed by atoms with Gasteiger partial charge in [-0.2, -0.15) is 0 Å². The van der Waals surface area contributed by atoms with E-state index in [1.807, 2.05) is 0 Å². The molecule has 0 spiro atoms. The number of hydrogen-bond acceptors (Lipinski definition) is 2. The highest BCUT2D eigenvalue weighted by Gasteiger charge is 2.18. The molecule has 0 N–H and O–H groups in total.